The molecule has 0 saturated carbocycles. The molecule has 0 bridgehead atoms. The molecule has 0 aliphatic heterocycles. The highest BCUT2D eigenvalue weighted by atomic mass is 16.3. The van der Waals surface area contributed by atoms with Crippen molar-refractivity contribution in [2.24, 2.45) is 0 Å². The molecule has 3 heteroatoms. The van der Waals surface area contributed by atoms with Crippen molar-refractivity contribution < 1.29 is 5.11 Å². The normalized spacial score (nSPS) is 12.8. The monoisotopic (exact) mass is 428 g/mol. The number of likely N-dealkylation sites (N-methyl/N-ethyl adjacent to an activating group) is 1. The van der Waals surface area contributed by atoms with E-state index in [1.54, 1.807) is 0 Å². The highest BCUT2D eigenvalue weighted by Crippen LogP contribution is 2.27. The Kier molecular flexibility index (Phi) is 12.9. The van der Waals surface area contributed by atoms with Gasteiger partial charge in [-0.3, -0.25) is 0 Å². The third kappa shape index (κ3) is 9.78. The Hall–Kier alpha value is -1.32. The van der Waals surface area contributed by atoms with Crippen LogP contribution < -0.4 is 0 Å². The van der Waals surface area contributed by atoms with Gasteiger partial charge < -0.3 is 14.6 Å². The van der Waals surface area contributed by atoms with Crippen molar-refractivity contribution in [3.8, 4) is 0 Å². The predicted molar refractivity (Wildman–Crippen MR) is 136 cm³/mol. The van der Waals surface area contributed by atoms with Crippen molar-refractivity contribution in [3.63, 3.8) is 0 Å². The van der Waals surface area contributed by atoms with E-state index in [0.29, 0.717) is 6.54 Å². The van der Waals surface area contributed by atoms with Crippen molar-refractivity contribution in [1.82, 2.24) is 9.47 Å². The summed E-state index contributed by atoms with van der Waals surface area (Å²) in [5.74, 6) is 0. The van der Waals surface area contributed by atoms with Crippen LogP contribution in [-0.4, -0.2) is 35.2 Å². The van der Waals surface area contributed by atoms with Gasteiger partial charge in [0.05, 0.1) is 6.10 Å². The highest BCUT2D eigenvalue weighted by molar-refractivity contribution is 5.84. The molecule has 3 nitrogen and oxygen atoms in total. The van der Waals surface area contributed by atoms with Crippen LogP contribution in [0.1, 0.15) is 108 Å². The number of aliphatic hydroxyl groups is 1. The number of para-hydroxylation sites is 1. The number of aryl methyl sites for hydroxylation is 1. The third-order valence-electron chi connectivity index (χ3n) is 6.47. The number of nitrogens with zero attached hydrogens (tertiary/aromatic N) is 2. The summed E-state index contributed by atoms with van der Waals surface area (Å²) in [6.07, 6.45) is 21.3. The van der Waals surface area contributed by atoms with Crippen molar-refractivity contribution in [1.29, 1.82) is 0 Å². The Labute approximate surface area is 191 Å². The molecule has 1 aromatic carbocycles. The molecule has 1 aromatic heterocycles. The Balaban J connectivity index is 1.59. The fourth-order valence-corrected chi connectivity index (χ4v) is 4.65. The zero-order valence-corrected chi connectivity index (χ0v) is 20.6. The summed E-state index contributed by atoms with van der Waals surface area (Å²) in [5, 5.41) is 11.8. The smallest absolute Gasteiger partial charge is 0.0937 e. The molecule has 0 amide bonds. The molecule has 176 valence electrons. The zero-order valence-electron chi connectivity index (χ0n) is 20.6. The van der Waals surface area contributed by atoms with Crippen molar-refractivity contribution >= 4 is 10.9 Å². The Morgan fingerprint density at radius 2 is 1.29 bits per heavy atom. The van der Waals surface area contributed by atoms with Crippen LogP contribution in [0.15, 0.2) is 30.5 Å². The quantitative estimate of drug-likeness (QED) is 0.246. The van der Waals surface area contributed by atoms with Gasteiger partial charge in [-0.05, 0) is 26.6 Å². The molecule has 1 unspecified atom stereocenters. The zero-order chi connectivity index (χ0) is 22.3. The van der Waals surface area contributed by atoms with Crippen molar-refractivity contribution in [3.05, 3.63) is 36.0 Å². The molecule has 1 heterocycles. The van der Waals surface area contributed by atoms with E-state index in [-0.39, 0.29) is 0 Å². The fraction of sp³-hybridized carbons (Fsp3) is 0.714. The molecule has 1 N–H and O–H groups in total. The molecule has 0 aliphatic rings. The van der Waals surface area contributed by atoms with Gasteiger partial charge >= 0.3 is 0 Å². The summed E-state index contributed by atoms with van der Waals surface area (Å²) in [7, 11) is 4.02. The first-order chi connectivity index (χ1) is 15.1. The first-order valence-corrected chi connectivity index (χ1v) is 13.0. The lowest BCUT2D eigenvalue weighted by molar-refractivity contribution is 0.139. The van der Waals surface area contributed by atoms with Crippen LogP contribution in [0.5, 0.6) is 0 Å². The molecule has 0 radical (unpaired) electrons. The first kappa shape index (κ1) is 25.9. The number of hydrogen-bond acceptors (Lipinski definition) is 2. The number of aromatic nitrogens is 1. The lowest BCUT2D eigenvalue weighted by atomic mass is 10.0. The lowest BCUT2D eigenvalue weighted by Crippen LogP contribution is -2.19. The topological polar surface area (TPSA) is 28.4 Å². The lowest BCUT2D eigenvalue weighted by Gasteiger charge is -2.15. The second-order valence-electron chi connectivity index (χ2n) is 9.67. The van der Waals surface area contributed by atoms with E-state index in [1.165, 1.54) is 101 Å². The van der Waals surface area contributed by atoms with Crippen LogP contribution in [-0.2, 0) is 6.54 Å². The standard InChI is InChI=1S/C28H48N2O/c1-4-5-6-7-8-9-10-11-12-13-14-15-16-19-22-30-23-26(28(31)24-29(2)3)25-20-17-18-21-27(25)30/h17-18,20-21,23,28,31H,4-16,19,22,24H2,1-3H3. The van der Waals surface area contributed by atoms with Crippen LogP contribution in [0.25, 0.3) is 10.9 Å². The second kappa shape index (κ2) is 15.5. The number of benzene rings is 1. The van der Waals surface area contributed by atoms with E-state index in [0.717, 1.165) is 12.1 Å². The Morgan fingerprint density at radius 3 is 1.84 bits per heavy atom. The van der Waals surface area contributed by atoms with E-state index >= 15 is 0 Å². The maximum Gasteiger partial charge on any atom is 0.0937 e. The summed E-state index contributed by atoms with van der Waals surface area (Å²) in [5.41, 5.74) is 2.32. The maximum absolute atomic E-state index is 10.6. The van der Waals surface area contributed by atoms with Crippen LogP contribution in [0.2, 0.25) is 0 Å². The van der Waals surface area contributed by atoms with Gasteiger partial charge in [-0.25, -0.2) is 0 Å². The number of unbranched alkanes of at least 4 members (excludes halogenated alkanes) is 13. The van der Waals surface area contributed by atoms with E-state index in [4.69, 9.17) is 0 Å². The van der Waals surface area contributed by atoms with Crippen molar-refractivity contribution in [2.45, 2.75) is 109 Å². The highest BCUT2D eigenvalue weighted by Gasteiger charge is 2.16. The average molecular weight is 429 g/mol. The van der Waals surface area contributed by atoms with Crippen LogP contribution in [0, 0.1) is 0 Å². The van der Waals surface area contributed by atoms with Gasteiger partial charge in [-0.2, -0.15) is 0 Å². The molecular weight excluding hydrogens is 380 g/mol. The van der Waals surface area contributed by atoms with E-state index in [1.807, 2.05) is 19.0 Å². The second-order valence-corrected chi connectivity index (χ2v) is 9.67. The number of hydrogen-bond donors (Lipinski definition) is 1. The summed E-state index contributed by atoms with van der Waals surface area (Å²) in [4.78, 5) is 2.05. The van der Waals surface area contributed by atoms with Gasteiger partial charge in [-0.15, -0.1) is 0 Å². The van der Waals surface area contributed by atoms with Gasteiger partial charge in [0, 0.05) is 35.8 Å². The molecule has 2 rings (SSSR count). The minimum Gasteiger partial charge on any atom is -0.387 e. The fourth-order valence-electron chi connectivity index (χ4n) is 4.65. The minimum absolute atomic E-state index is 0.433. The van der Waals surface area contributed by atoms with Gasteiger partial charge in [0.1, 0.15) is 0 Å². The Morgan fingerprint density at radius 1 is 0.774 bits per heavy atom. The molecule has 31 heavy (non-hydrogen) atoms. The van der Waals surface area contributed by atoms with E-state index in [2.05, 4.69) is 42.0 Å². The molecule has 2 aromatic rings. The molecular formula is C28H48N2O. The molecule has 1 atom stereocenters. The minimum atomic E-state index is -0.433. The van der Waals surface area contributed by atoms with E-state index < -0.39 is 6.10 Å². The summed E-state index contributed by atoms with van der Waals surface area (Å²) in [6.45, 7) is 4.00. The van der Waals surface area contributed by atoms with Gasteiger partial charge in [0.15, 0.2) is 0 Å². The molecule has 0 fully saturated rings. The van der Waals surface area contributed by atoms with Crippen LogP contribution >= 0.6 is 0 Å². The van der Waals surface area contributed by atoms with Gasteiger partial charge in [0.25, 0.3) is 0 Å². The number of fused-ring (bicyclic) bond motifs is 1. The average Bonchev–Trinajstić information content (AvgIpc) is 3.12. The van der Waals surface area contributed by atoms with E-state index in [9.17, 15) is 5.11 Å². The molecule has 0 spiro atoms. The largest absolute Gasteiger partial charge is 0.387 e. The Bertz CT molecular complexity index is 706. The van der Waals surface area contributed by atoms with Crippen LogP contribution in [0.3, 0.4) is 0 Å². The predicted octanol–water partition coefficient (Wildman–Crippen LogP) is 7.72. The van der Waals surface area contributed by atoms with Gasteiger partial charge in [-0.1, -0.05) is 109 Å². The SMILES string of the molecule is CCCCCCCCCCCCCCCCn1cc(C(O)CN(C)C)c2ccccc21. The third-order valence-corrected chi connectivity index (χ3v) is 6.47. The van der Waals surface area contributed by atoms with Crippen molar-refractivity contribution in [2.75, 3.05) is 20.6 Å². The molecule has 0 aliphatic carbocycles. The summed E-state index contributed by atoms with van der Waals surface area (Å²) >= 11 is 0. The summed E-state index contributed by atoms with van der Waals surface area (Å²) in [6, 6.07) is 8.51. The molecule has 0 saturated heterocycles. The number of aliphatic hydroxyl groups excluding tert-OH is 1. The summed E-state index contributed by atoms with van der Waals surface area (Å²) < 4.78 is 2.35. The first-order valence-electron chi connectivity index (χ1n) is 13.0. The van der Waals surface area contributed by atoms with Gasteiger partial charge in [0.2, 0.25) is 0 Å². The van der Waals surface area contributed by atoms with Crippen LogP contribution in [0.4, 0.5) is 0 Å². The maximum atomic E-state index is 10.6. The number of rotatable bonds is 18.